The van der Waals surface area contributed by atoms with Crippen LogP contribution in [0.4, 0.5) is 0 Å². The van der Waals surface area contributed by atoms with Crippen molar-refractivity contribution in [1.29, 1.82) is 0 Å². The lowest BCUT2D eigenvalue weighted by Crippen LogP contribution is -2.07. The second-order valence-electron chi connectivity index (χ2n) is 4.54. The van der Waals surface area contributed by atoms with E-state index < -0.39 is 5.97 Å². The van der Waals surface area contributed by atoms with Crippen LogP contribution in [0.3, 0.4) is 0 Å². The van der Waals surface area contributed by atoms with Gasteiger partial charge in [0, 0.05) is 5.56 Å². The van der Waals surface area contributed by atoms with Gasteiger partial charge in [-0.05, 0) is 18.2 Å². The molecule has 0 bridgehead atoms. The highest BCUT2D eigenvalue weighted by molar-refractivity contribution is 7.99. The van der Waals surface area contributed by atoms with E-state index in [1.54, 1.807) is 11.8 Å². The molecule has 0 aromatic heterocycles. The normalized spacial score (nSPS) is 12.7. The molecule has 22 heavy (non-hydrogen) atoms. The van der Waals surface area contributed by atoms with Gasteiger partial charge in [0.1, 0.15) is 17.1 Å². The molecule has 1 heterocycles. The molecule has 5 heteroatoms. The summed E-state index contributed by atoms with van der Waals surface area (Å²) < 4.78 is 15.9. The smallest absolute Gasteiger partial charge is 0.341 e. The maximum atomic E-state index is 12.0. The van der Waals surface area contributed by atoms with Crippen molar-refractivity contribution in [2.24, 2.45) is 0 Å². The molecule has 0 fully saturated rings. The van der Waals surface area contributed by atoms with Crippen molar-refractivity contribution in [2.75, 3.05) is 14.2 Å². The Morgan fingerprint density at radius 2 is 1.86 bits per heavy atom. The number of rotatable bonds is 3. The van der Waals surface area contributed by atoms with Gasteiger partial charge in [-0.2, -0.15) is 0 Å². The molecule has 3 rings (SSSR count). The van der Waals surface area contributed by atoms with Crippen LogP contribution in [-0.4, -0.2) is 20.2 Å². The lowest BCUT2D eigenvalue weighted by Gasteiger charge is -2.22. The lowest BCUT2D eigenvalue weighted by atomic mass is 10.1. The molecule has 4 nitrogen and oxygen atoms in total. The van der Waals surface area contributed by atoms with Crippen LogP contribution >= 0.6 is 11.8 Å². The third-order valence-electron chi connectivity index (χ3n) is 3.19. The summed E-state index contributed by atoms with van der Waals surface area (Å²) in [6.45, 7) is 0. The van der Waals surface area contributed by atoms with E-state index in [1.807, 2.05) is 42.5 Å². The summed E-state index contributed by atoms with van der Waals surface area (Å²) >= 11 is 1.61. The summed E-state index contributed by atoms with van der Waals surface area (Å²) in [7, 11) is 2.83. The van der Waals surface area contributed by atoms with Gasteiger partial charge in [-0.25, -0.2) is 4.79 Å². The summed E-state index contributed by atoms with van der Waals surface area (Å²) in [5.74, 6) is 0.941. The minimum absolute atomic E-state index is 0.321. The molecule has 0 unspecified atom stereocenters. The van der Waals surface area contributed by atoms with Crippen LogP contribution in [0.1, 0.15) is 5.56 Å². The zero-order valence-electron chi connectivity index (χ0n) is 12.2. The number of fused-ring (bicyclic) bond motifs is 2. The average Bonchev–Trinajstić information content (AvgIpc) is 2.57. The number of carbonyl (C=O) groups excluding carboxylic acids is 1. The molecule has 0 saturated heterocycles. The Morgan fingerprint density at radius 3 is 2.64 bits per heavy atom. The molecular weight excluding hydrogens is 300 g/mol. The van der Waals surface area contributed by atoms with E-state index in [-0.39, 0.29) is 0 Å². The first-order valence-corrected chi connectivity index (χ1v) is 7.45. The van der Waals surface area contributed by atoms with Crippen LogP contribution in [-0.2, 0) is 14.3 Å². The fourth-order valence-corrected chi connectivity index (χ4v) is 3.19. The molecule has 0 aliphatic carbocycles. The molecule has 0 saturated carbocycles. The average molecular weight is 314 g/mol. The zero-order valence-corrected chi connectivity index (χ0v) is 13.0. The van der Waals surface area contributed by atoms with Gasteiger partial charge in [-0.15, -0.1) is 0 Å². The third kappa shape index (κ3) is 2.55. The first kappa shape index (κ1) is 14.5. The molecule has 2 aromatic carbocycles. The quantitative estimate of drug-likeness (QED) is 0.414. The van der Waals surface area contributed by atoms with Gasteiger partial charge in [0.15, 0.2) is 0 Å². The van der Waals surface area contributed by atoms with Crippen molar-refractivity contribution in [2.45, 2.75) is 9.79 Å². The van der Waals surface area contributed by atoms with Crippen LogP contribution in [0.5, 0.6) is 11.5 Å². The fourth-order valence-electron chi connectivity index (χ4n) is 2.21. The number of carbonyl (C=O) groups is 1. The molecule has 0 amide bonds. The van der Waals surface area contributed by atoms with Gasteiger partial charge in [-0.3, -0.25) is 0 Å². The number of hydrogen-bond acceptors (Lipinski definition) is 5. The topological polar surface area (TPSA) is 44.8 Å². The fraction of sp³-hybridized carbons (Fsp3) is 0.118. The molecule has 112 valence electrons. The number of methoxy groups -OCH3 is 2. The molecule has 0 radical (unpaired) electrons. The molecule has 0 N–H and O–H groups in total. The third-order valence-corrected chi connectivity index (χ3v) is 4.29. The number of para-hydroxylation sites is 2. The Hall–Kier alpha value is -2.40. The van der Waals surface area contributed by atoms with E-state index in [1.165, 1.54) is 20.5 Å². The van der Waals surface area contributed by atoms with E-state index in [4.69, 9.17) is 14.2 Å². The number of esters is 1. The second kappa shape index (κ2) is 6.15. The predicted octanol–water partition coefficient (Wildman–Crippen LogP) is 4.10. The van der Waals surface area contributed by atoms with E-state index in [0.29, 0.717) is 16.9 Å². The summed E-state index contributed by atoms with van der Waals surface area (Å²) in [4.78, 5) is 14.0. The molecular formula is C17H14O4S. The summed E-state index contributed by atoms with van der Waals surface area (Å²) in [5.41, 5.74) is 0.968. The van der Waals surface area contributed by atoms with E-state index in [9.17, 15) is 4.79 Å². The molecule has 0 atom stereocenters. The van der Waals surface area contributed by atoms with Crippen molar-refractivity contribution in [3.63, 3.8) is 0 Å². The first-order chi connectivity index (χ1) is 10.7. The summed E-state index contributed by atoms with van der Waals surface area (Å²) in [6, 6.07) is 13.4. The van der Waals surface area contributed by atoms with Crippen LogP contribution in [0.15, 0.2) is 58.5 Å². The Morgan fingerprint density at radius 1 is 1.09 bits per heavy atom. The molecule has 1 aliphatic heterocycles. The van der Waals surface area contributed by atoms with Crippen LogP contribution in [0, 0.1) is 0 Å². The zero-order chi connectivity index (χ0) is 15.5. The maximum absolute atomic E-state index is 12.0. The monoisotopic (exact) mass is 314 g/mol. The maximum Gasteiger partial charge on any atom is 0.341 e. The number of hydrogen-bond donors (Lipinski definition) is 0. The van der Waals surface area contributed by atoms with E-state index in [2.05, 4.69) is 0 Å². The predicted molar refractivity (Wildman–Crippen MR) is 84.1 cm³/mol. The minimum atomic E-state index is -0.470. The lowest BCUT2D eigenvalue weighted by molar-refractivity contribution is -0.133. The number of ether oxygens (including phenoxy) is 3. The second-order valence-corrected chi connectivity index (χ2v) is 5.63. The highest BCUT2D eigenvalue weighted by Crippen LogP contribution is 2.49. The van der Waals surface area contributed by atoms with Gasteiger partial charge < -0.3 is 14.2 Å². The van der Waals surface area contributed by atoms with Crippen LogP contribution in [0.2, 0.25) is 0 Å². The van der Waals surface area contributed by atoms with Gasteiger partial charge in [0.25, 0.3) is 0 Å². The molecule has 0 spiro atoms. The molecule has 1 aliphatic rings. The van der Waals surface area contributed by atoms with Crippen molar-refractivity contribution < 1.29 is 19.0 Å². The van der Waals surface area contributed by atoms with E-state index >= 15 is 0 Å². The Kier molecular flexibility index (Phi) is 4.06. The van der Waals surface area contributed by atoms with Gasteiger partial charge in [0.2, 0.25) is 0 Å². The van der Waals surface area contributed by atoms with E-state index in [0.717, 1.165) is 15.5 Å². The minimum Gasteiger partial charge on any atom is -0.503 e. The van der Waals surface area contributed by atoms with Crippen molar-refractivity contribution in [3.8, 4) is 11.5 Å². The standard InChI is InChI=1S/C17H14O4S/c1-19-10-12(17(18)20-2)11-6-5-9-15-16(11)21-13-7-3-4-8-14(13)22-15/h3-10H,1-2H3. The largest absolute Gasteiger partial charge is 0.503 e. The Labute approximate surface area is 132 Å². The van der Waals surface area contributed by atoms with Crippen LogP contribution < -0.4 is 4.74 Å². The van der Waals surface area contributed by atoms with Gasteiger partial charge in [-0.1, -0.05) is 36.0 Å². The molecule has 2 aromatic rings. The van der Waals surface area contributed by atoms with Crippen molar-refractivity contribution in [1.82, 2.24) is 0 Å². The van der Waals surface area contributed by atoms with Gasteiger partial charge >= 0.3 is 5.97 Å². The van der Waals surface area contributed by atoms with Crippen molar-refractivity contribution in [3.05, 3.63) is 54.3 Å². The first-order valence-electron chi connectivity index (χ1n) is 6.64. The van der Waals surface area contributed by atoms with Gasteiger partial charge in [0.05, 0.1) is 30.3 Å². The Bertz CT molecular complexity index is 752. The van der Waals surface area contributed by atoms with Crippen LogP contribution in [0.25, 0.3) is 5.57 Å². The highest BCUT2D eigenvalue weighted by Gasteiger charge is 2.25. The summed E-state index contributed by atoms with van der Waals surface area (Å²) in [5, 5.41) is 0. The highest BCUT2D eigenvalue weighted by atomic mass is 32.2. The number of benzene rings is 2. The summed E-state index contributed by atoms with van der Waals surface area (Å²) in [6.07, 6.45) is 1.37. The van der Waals surface area contributed by atoms with Crippen molar-refractivity contribution >= 4 is 23.3 Å². The SMILES string of the molecule is COC=C(C(=O)OC)c1cccc2c1Oc1ccccc1S2. The Balaban J connectivity index is 2.10.